The van der Waals surface area contributed by atoms with Crippen LogP contribution in [-0.2, 0) is 0 Å². The Morgan fingerprint density at radius 2 is 1.78 bits per heavy atom. The van der Waals surface area contributed by atoms with E-state index in [-0.39, 0.29) is 0 Å². The van der Waals surface area contributed by atoms with E-state index in [9.17, 15) is 0 Å². The summed E-state index contributed by atoms with van der Waals surface area (Å²) in [6.45, 7) is 1.95. The van der Waals surface area contributed by atoms with Crippen LogP contribution in [0, 0.1) is 6.92 Å². The van der Waals surface area contributed by atoms with Gasteiger partial charge in [-0.2, -0.15) is 0 Å². The molecule has 3 rings (SSSR count). The van der Waals surface area contributed by atoms with E-state index in [4.69, 9.17) is 5.73 Å². The van der Waals surface area contributed by atoms with Crippen molar-refractivity contribution >= 4 is 16.6 Å². The minimum Gasteiger partial charge on any atom is -0.382 e. The van der Waals surface area contributed by atoms with Gasteiger partial charge in [0.05, 0.1) is 0 Å². The molecule has 0 saturated heterocycles. The van der Waals surface area contributed by atoms with Crippen molar-refractivity contribution in [1.82, 2.24) is 15.2 Å². The summed E-state index contributed by atoms with van der Waals surface area (Å²) in [4.78, 5) is 4.19. The molecule has 2 heterocycles. The van der Waals surface area contributed by atoms with Crippen molar-refractivity contribution in [2.45, 2.75) is 6.92 Å². The molecule has 2 N–H and O–H groups in total. The Morgan fingerprint density at radius 3 is 2.56 bits per heavy atom. The van der Waals surface area contributed by atoms with Crippen molar-refractivity contribution in [1.29, 1.82) is 0 Å². The van der Waals surface area contributed by atoms with E-state index in [1.165, 1.54) is 0 Å². The molecule has 88 valence electrons. The second-order valence-electron chi connectivity index (χ2n) is 4.17. The third-order valence-corrected chi connectivity index (χ3v) is 2.89. The number of hydrogen-bond acceptors (Lipinski definition) is 4. The number of hydrogen-bond donors (Lipinski definition) is 1. The number of nitrogens with two attached hydrogens (primary N) is 1. The number of pyridine rings is 1. The molecule has 2 aromatic heterocycles. The first-order valence-corrected chi connectivity index (χ1v) is 5.69. The van der Waals surface area contributed by atoms with Gasteiger partial charge in [-0.05, 0) is 19.1 Å². The summed E-state index contributed by atoms with van der Waals surface area (Å²) in [7, 11) is 0. The van der Waals surface area contributed by atoms with Crippen LogP contribution in [0.25, 0.3) is 22.0 Å². The molecule has 0 aliphatic rings. The van der Waals surface area contributed by atoms with Crippen LogP contribution >= 0.6 is 0 Å². The molecule has 0 saturated carbocycles. The van der Waals surface area contributed by atoms with Crippen LogP contribution in [0.1, 0.15) is 5.69 Å². The fourth-order valence-electron chi connectivity index (χ4n) is 2.03. The SMILES string of the molecule is Cc1cc(-c2nnc(N)c3ccccc23)ccn1. The Labute approximate surface area is 105 Å². The van der Waals surface area contributed by atoms with Crippen molar-refractivity contribution in [3.05, 3.63) is 48.3 Å². The molecule has 0 unspecified atom stereocenters. The molecule has 0 aliphatic carbocycles. The number of rotatable bonds is 1. The topological polar surface area (TPSA) is 64.7 Å². The summed E-state index contributed by atoms with van der Waals surface area (Å²) in [6, 6.07) is 11.8. The van der Waals surface area contributed by atoms with Gasteiger partial charge >= 0.3 is 0 Å². The monoisotopic (exact) mass is 236 g/mol. The minimum atomic E-state index is 0.458. The zero-order valence-electron chi connectivity index (χ0n) is 9.96. The van der Waals surface area contributed by atoms with Gasteiger partial charge in [0.15, 0.2) is 5.82 Å². The summed E-state index contributed by atoms with van der Waals surface area (Å²) >= 11 is 0. The molecular formula is C14H12N4. The third-order valence-electron chi connectivity index (χ3n) is 2.89. The number of nitrogens with zero attached hydrogens (tertiary/aromatic N) is 3. The molecule has 4 heteroatoms. The summed E-state index contributed by atoms with van der Waals surface area (Å²) in [5.41, 5.74) is 8.64. The molecule has 0 fully saturated rings. The first-order chi connectivity index (χ1) is 8.75. The van der Waals surface area contributed by atoms with Crippen LogP contribution in [0.5, 0.6) is 0 Å². The smallest absolute Gasteiger partial charge is 0.154 e. The minimum absolute atomic E-state index is 0.458. The summed E-state index contributed by atoms with van der Waals surface area (Å²) < 4.78 is 0. The maximum Gasteiger partial charge on any atom is 0.154 e. The fraction of sp³-hybridized carbons (Fsp3) is 0.0714. The van der Waals surface area contributed by atoms with Crippen molar-refractivity contribution in [3.8, 4) is 11.3 Å². The highest BCUT2D eigenvalue weighted by Crippen LogP contribution is 2.28. The van der Waals surface area contributed by atoms with Crippen molar-refractivity contribution in [2.24, 2.45) is 0 Å². The lowest BCUT2D eigenvalue weighted by molar-refractivity contribution is 1.06. The van der Waals surface area contributed by atoms with Crippen LogP contribution in [0.4, 0.5) is 5.82 Å². The average Bonchev–Trinajstić information content (AvgIpc) is 2.39. The van der Waals surface area contributed by atoms with E-state index < -0.39 is 0 Å². The highest BCUT2D eigenvalue weighted by atomic mass is 15.1. The van der Waals surface area contributed by atoms with Gasteiger partial charge in [-0.3, -0.25) is 4.98 Å². The van der Waals surface area contributed by atoms with Gasteiger partial charge in [0, 0.05) is 28.2 Å². The lowest BCUT2D eigenvalue weighted by atomic mass is 10.1. The molecule has 0 amide bonds. The fourth-order valence-corrected chi connectivity index (χ4v) is 2.03. The van der Waals surface area contributed by atoms with Gasteiger partial charge in [0.1, 0.15) is 5.69 Å². The summed E-state index contributed by atoms with van der Waals surface area (Å²) in [5, 5.41) is 10.2. The molecule has 0 radical (unpaired) electrons. The maximum atomic E-state index is 5.85. The van der Waals surface area contributed by atoms with E-state index in [1.54, 1.807) is 6.20 Å². The summed E-state index contributed by atoms with van der Waals surface area (Å²) in [6.07, 6.45) is 1.78. The Balaban J connectivity index is 2.33. The van der Waals surface area contributed by atoms with Gasteiger partial charge in [0.2, 0.25) is 0 Å². The van der Waals surface area contributed by atoms with Gasteiger partial charge in [-0.25, -0.2) is 0 Å². The molecule has 0 bridgehead atoms. The van der Waals surface area contributed by atoms with Crippen LogP contribution < -0.4 is 5.73 Å². The Kier molecular flexibility index (Phi) is 2.41. The molecular weight excluding hydrogens is 224 g/mol. The molecule has 0 aliphatic heterocycles. The second kappa shape index (κ2) is 4.07. The molecule has 1 aromatic carbocycles. The Morgan fingerprint density at radius 1 is 1.00 bits per heavy atom. The molecule has 3 aromatic rings. The number of fused-ring (bicyclic) bond motifs is 1. The van der Waals surface area contributed by atoms with E-state index in [0.29, 0.717) is 5.82 Å². The zero-order valence-corrected chi connectivity index (χ0v) is 9.96. The van der Waals surface area contributed by atoms with E-state index in [1.807, 2.05) is 43.3 Å². The van der Waals surface area contributed by atoms with Gasteiger partial charge in [0.25, 0.3) is 0 Å². The number of nitrogen functional groups attached to an aromatic ring is 1. The van der Waals surface area contributed by atoms with Crippen molar-refractivity contribution in [2.75, 3.05) is 5.73 Å². The van der Waals surface area contributed by atoms with Crippen LogP contribution in [0.15, 0.2) is 42.6 Å². The van der Waals surface area contributed by atoms with E-state index >= 15 is 0 Å². The second-order valence-corrected chi connectivity index (χ2v) is 4.17. The maximum absolute atomic E-state index is 5.85. The normalized spacial score (nSPS) is 10.7. The Bertz CT molecular complexity index is 722. The molecule has 4 nitrogen and oxygen atoms in total. The first kappa shape index (κ1) is 10.7. The third kappa shape index (κ3) is 1.68. The number of benzene rings is 1. The number of anilines is 1. The predicted octanol–water partition coefficient (Wildman–Crippen LogP) is 2.58. The highest BCUT2D eigenvalue weighted by molar-refractivity contribution is 5.99. The summed E-state index contributed by atoms with van der Waals surface area (Å²) in [5.74, 6) is 0.458. The lowest BCUT2D eigenvalue weighted by Crippen LogP contribution is -1.97. The number of aromatic nitrogens is 3. The highest BCUT2D eigenvalue weighted by Gasteiger charge is 2.08. The first-order valence-electron chi connectivity index (χ1n) is 5.69. The van der Waals surface area contributed by atoms with Gasteiger partial charge in [-0.15, -0.1) is 10.2 Å². The van der Waals surface area contributed by atoms with Crippen LogP contribution in [0.2, 0.25) is 0 Å². The van der Waals surface area contributed by atoms with Gasteiger partial charge in [-0.1, -0.05) is 24.3 Å². The van der Waals surface area contributed by atoms with Crippen molar-refractivity contribution in [3.63, 3.8) is 0 Å². The molecule has 0 spiro atoms. The standard InChI is InChI=1S/C14H12N4/c1-9-8-10(6-7-16-9)13-11-4-2-3-5-12(11)14(15)18-17-13/h2-8H,1H3,(H2,15,18). The predicted molar refractivity (Wildman–Crippen MR) is 71.9 cm³/mol. The van der Waals surface area contributed by atoms with Crippen LogP contribution in [-0.4, -0.2) is 15.2 Å². The van der Waals surface area contributed by atoms with Crippen LogP contribution in [0.3, 0.4) is 0 Å². The van der Waals surface area contributed by atoms with Crippen molar-refractivity contribution < 1.29 is 0 Å². The molecule has 0 atom stereocenters. The average molecular weight is 236 g/mol. The quantitative estimate of drug-likeness (QED) is 0.705. The van der Waals surface area contributed by atoms with Gasteiger partial charge < -0.3 is 5.73 Å². The Hall–Kier alpha value is -2.49. The van der Waals surface area contributed by atoms with E-state index in [2.05, 4.69) is 15.2 Å². The number of aryl methyl sites for hydroxylation is 1. The lowest BCUT2D eigenvalue weighted by Gasteiger charge is -2.06. The zero-order chi connectivity index (χ0) is 12.5. The molecule has 18 heavy (non-hydrogen) atoms. The largest absolute Gasteiger partial charge is 0.382 e. The van der Waals surface area contributed by atoms with E-state index in [0.717, 1.165) is 27.7 Å².